The highest BCUT2D eigenvalue weighted by Gasteiger charge is 2.22. The smallest absolute Gasteiger partial charge is 0.387 e. The first-order chi connectivity index (χ1) is 12.9. The molecule has 0 radical (unpaired) electrons. The van der Waals surface area contributed by atoms with E-state index in [9.17, 15) is 17.2 Å². The average molecular weight is 394 g/mol. The van der Waals surface area contributed by atoms with Gasteiger partial charge in [0.25, 0.3) is 0 Å². The molecule has 1 N–H and O–H groups in total. The van der Waals surface area contributed by atoms with E-state index >= 15 is 0 Å². The summed E-state index contributed by atoms with van der Waals surface area (Å²) in [6, 6.07) is 14.4. The van der Waals surface area contributed by atoms with Crippen molar-refractivity contribution in [1.29, 1.82) is 0 Å². The number of ether oxygens (including phenoxy) is 1. The monoisotopic (exact) mass is 394 g/mol. The molecule has 0 saturated heterocycles. The SMILES string of the molecule is Cc1c(CNS(=O)(=O)c2ccccc2OC(F)F)noc1-c1ccccc1. The van der Waals surface area contributed by atoms with Crippen molar-refractivity contribution in [1.82, 2.24) is 9.88 Å². The summed E-state index contributed by atoms with van der Waals surface area (Å²) < 4.78 is 61.9. The summed E-state index contributed by atoms with van der Waals surface area (Å²) in [7, 11) is -4.10. The van der Waals surface area contributed by atoms with Gasteiger partial charge in [-0.15, -0.1) is 0 Å². The molecule has 0 atom stereocenters. The number of aromatic nitrogens is 1. The van der Waals surface area contributed by atoms with E-state index in [-0.39, 0.29) is 11.4 Å². The molecule has 6 nitrogen and oxygen atoms in total. The topological polar surface area (TPSA) is 81.4 Å². The Kier molecular flexibility index (Phi) is 5.52. The van der Waals surface area contributed by atoms with Gasteiger partial charge in [-0.25, -0.2) is 13.1 Å². The molecule has 27 heavy (non-hydrogen) atoms. The van der Waals surface area contributed by atoms with Gasteiger partial charge in [0.15, 0.2) is 5.76 Å². The van der Waals surface area contributed by atoms with Crippen molar-refractivity contribution in [3.63, 3.8) is 0 Å². The molecule has 0 amide bonds. The summed E-state index contributed by atoms with van der Waals surface area (Å²) in [4.78, 5) is -0.380. The number of halogens is 2. The number of benzene rings is 2. The summed E-state index contributed by atoms with van der Waals surface area (Å²) in [6.07, 6.45) is 0. The van der Waals surface area contributed by atoms with Crippen LogP contribution in [0.2, 0.25) is 0 Å². The molecule has 0 aliphatic carbocycles. The van der Waals surface area contributed by atoms with Gasteiger partial charge < -0.3 is 9.26 Å². The predicted octanol–water partition coefficient (Wildman–Crippen LogP) is 3.73. The van der Waals surface area contributed by atoms with Crippen LogP contribution in [0.1, 0.15) is 11.3 Å². The van der Waals surface area contributed by atoms with Crippen LogP contribution in [0.25, 0.3) is 11.3 Å². The van der Waals surface area contributed by atoms with E-state index in [1.165, 1.54) is 18.2 Å². The highest BCUT2D eigenvalue weighted by Crippen LogP contribution is 2.27. The Morgan fingerprint density at radius 3 is 2.48 bits per heavy atom. The molecule has 0 unspecified atom stereocenters. The van der Waals surface area contributed by atoms with Gasteiger partial charge in [-0.1, -0.05) is 47.6 Å². The third-order valence-corrected chi connectivity index (χ3v) is 5.28. The maximum atomic E-state index is 12.5. The zero-order valence-electron chi connectivity index (χ0n) is 14.2. The van der Waals surface area contributed by atoms with Crippen LogP contribution in [0.5, 0.6) is 5.75 Å². The largest absolute Gasteiger partial charge is 0.433 e. The maximum absolute atomic E-state index is 12.5. The number of nitrogens with one attached hydrogen (secondary N) is 1. The first-order valence-electron chi connectivity index (χ1n) is 7.92. The van der Waals surface area contributed by atoms with E-state index in [2.05, 4.69) is 14.6 Å². The van der Waals surface area contributed by atoms with Gasteiger partial charge >= 0.3 is 6.61 Å². The number of rotatable bonds is 7. The predicted molar refractivity (Wildman–Crippen MR) is 93.8 cm³/mol. The van der Waals surface area contributed by atoms with Gasteiger partial charge in [0, 0.05) is 11.1 Å². The van der Waals surface area contributed by atoms with Crippen molar-refractivity contribution in [2.45, 2.75) is 25.0 Å². The summed E-state index contributed by atoms with van der Waals surface area (Å²) >= 11 is 0. The second-order valence-electron chi connectivity index (χ2n) is 5.60. The Labute approximate surface area is 154 Å². The third-order valence-electron chi connectivity index (χ3n) is 3.84. The molecule has 9 heteroatoms. The second kappa shape index (κ2) is 7.85. The Balaban J connectivity index is 1.80. The normalized spacial score (nSPS) is 11.7. The second-order valence-corrected chi connectivity index (χ2v) is 7.33. The fraction of sp³-hybridized carbons (Fsp3) is 0.167. The van der Waals surface area contributed by atoms with E-state index in [4.69, 9.17) is 4.52 Å². The van der Waals surface area contributed by atoms with Gasteiger partial charge in [0.2, 0.25) is 10.0 Å². The van der Waals surface area contributed by atoms with Crippen LogP contribution in [-0.2, 0) is 16.6 Å². The van der Waals surface area contributed by atoms with Crippen LogP contribution in [0, 0.1) is 6.92 Å². The highest BCUT2D eigenvalue weighted by atomic mass is 32.2. The lowest BCUT2D eigenvalue weighted by Crippen LogP contribution is -2.24. The van der Waals surface area contributed by atoms with E-state index in [1.54, 1.807) is 6.92 Å². The van der Waals surface area contributed by atoms with Crippen molar-refractivity contribution < 1.29 is 26.5 Å². The lowest BCUT2D eigenvalue weighted by atomic mass is 10.1. The fourth-order valence-corrected chi connectivity index (χ4v) is 3.62. The number of sulfonamides is 1. The van der Waals surface area contributed by atoms with Gasteiger partial charge in [0.05, 0.1) is 6.54 Å². The first-order valence-corrected chi connectivity index (χ1v) is 9.41. The number of hydrogen-bond donors (Lipinski definition) is 1. The van der Waals surface area contributed by atoms with E-state index in [0.717, 1.165) is 11.6 Å². The summed E-state index contributed by atoms with van der Waals surface area (Å²) in [5.41, 5.74) is 1.89. The molecule has 142 valence electrons. The minimum absolute atomic E-state index is 0.159. The highest BCUT2D eigenvalue weighted by molar-refractivity contribution is 7.89. The Morgan fingerprint density at radius 1 is 1.11 bits per heavy atom. The molecule has 3 rings (SSSR count). The molecule has 0 spiro atoms. The van der Waals surface area contributed by atoms with Gasteiger partial charge in [0.1, 0.15) is 16.3 Å². The van der Waals surface area contributed by atoms with Gasteiger partial charge in [-0.3, -0.25) is 0 Å². The first kappa shape index (κ1) is 19.0. The number of nitrogens with zero attached hydrogens (tertiary/aromatic N) is 1. The Morgan fingerprint density at radius 2 is 1.78 bits per heavy atom. The molecule has 0 saturated carbocycles. The molecule has 2 aromatic carbocycles. The Hall–Kier alpha value is -2.78. The molecule has 0 aliphatic rings. The Bertz CT molecular complexity index is 1020. The van der Waals surface area contributed by atoms with Crippen molar-refractivity contribution in [3.05, 3.63) is 65.9 Å². The lowest BCUT2D eigenvalue weighted by Gasteiger charge is -2.11. The average Bonchev–Trinajstić information content (AvgIpc) is 3.01. The zero-order chi connectivity index (χ0) is 19.4. The molecule has 0 fully saturated rings. The maximum Gasteiger partial charge on any atom is 0.387 e. The van der Waals surface area contributed by atoms with Crippen LogP contribution in [0.3, 0.4) is 0 Å². The van der Waals surface area contributed by atoms with Crippen molar-refractivity contribution in [2.24, 2.45) is 0 Å². The molecule has 3 aromatic rings. The minimum Gasteiger partial charge on any atom is -0.433 e. The molecular formula is C18H16F2N2O4S. The van der Waals surface area contributed by atoms with Crippen LogP contribution in [0.15, 0.2) is 64.0 Å². The van der Waals surface area contributed by atoms with Crippen LogP contribution in [0.4, 0.5) is 8.78 Å². The lowest BCUT2D eigenvalue weighted by molar-refractivity contribution is -0.0517. The molecular weight excluding hydrogens is 378 g/mol. The van der Waals surface area contributed by atoms with Crippen LogP contribution >= 0.6 is 0 Å². The van der Waals surface area contributed by atoms with E-state index < -0.39 is 22.4 Å². The molecule has 0 aliphatic heterocycles. The van der Waals surface area contributed by atoms with Crippen molar-refractivity contribution in [2.75, 3.05) is 0 Å². The van der Waals surface area contributed by atoms with Crippen molar-refractivity contribution in [3.8, 4) is 17.1 Å². The van der Waals surface area contributed by atoms with E-state index in [0.29, 0.717) is 17.0 Å². The standard InChI is InChI=1S/C18H16F2N2O4S/c1-12-14(22-26-17(12)13-7-3-2-4-8-13)11-21-27(23,24)16-10-6-5-9-15(16)25-18(19)20/h2-10,18,21H,11H2,1H3. The fourth-order valence-electron chi connectivity index (χ4n) is 2.50. The molecule has 1 heterocycles. The summed E-state index contributed by atoms with van der Waals surface area (Å²) in [5, 5.41) is 3.91. The number of para-hydroxylation sites is 1. The molecule has 0 bridgehead atoms. The zero-order valence-corrected chi connectivity index (χ0v) is 15.0. The quantitative estimate of drug-likeness (QED) is 0.660. The third kappa shape index (κ3) is 4.32. The van der Waals surface area contributed by atoms with Crippen LogP contribution < -0.4 is 9.46 Å². The van der Waals surface area contributed by atoms with Crippen molar-refractivity contribution >= 4 is 10.0 Å². The van der Waals surface area contributed by atoms with E-state index in [1.807, 2.05) is 30.3 Å². The van der Waals surface area contributed by atoms with Crippen LogP contribution in [-0.4, -0.2) is 20.2 Å². The number of alkyl halides is 2. The summed E-state index contributed by atoms with van der Waals surface area (Å²) in [5.74, 6) is 0.105. The van der Waals surface area contributed by atoms with Gasteiger partial charge in [-0.2, -0.15) is 8.78 Å². The number of hydrogen-bond acceptors (Lipinski definition) is 5. The summed E-state index contributed by atoms with van der Waals surface area (Å²) in [6.45, 7) is -1.53. The van der Waals surface area contributed by atoms with Gasteiger partial charge in [-0.05, 0) is 19.1 Å². The minimum atomic E-state index is -4.10. The molecule has 1 aromatic heterocycles.